The fourth-order valence-corrected chi connectivity index (χ4v) is 9.87. The largest absolute Gasteiger partial charge is 0.436 e. The molecule has 0 aliphatic rings. The van der Waals surface area contributed by atoms with Crippen LogP contribution in [0, 0.1) is 10.8 Å². The van der Waals surface area contributed by atoms with Crippen molar-refractivity contribution in [1.82, 2.24) is 14.8 Å². The Morgan fingerprint density at radius 1 is 0.548 bits per heavy atom. The minimum absolute atomic E-state index is 0.0667. The molecular formula is C58H77N3O. The van der Waals surface area contributed by atoms with Crippen molar-refractivity contribution in [3.63, 3.8) is 0 Å². The Balaban J connectivity index is 1.19. The highest BCUT2D eigenvalue weighted by Gasteiger charge is 2.28. The lowest BCUT2D eigenvalue weighted by Crippen LogP contribution is -2.24. The van der Waals surface area contributed by atoms with Gasteiger partial charge in [0.15, 0.2) is 5.58 Å². The first-order chi connectivity index (χ1) is 29.4. The van der Waals surface area contributed by atoms with Crippen molar-refractivity contribution in [2.45, 2.75) is 170 Å². The second kappa shape index (κ2) is 20.2. The minimum atomic E-state index is 0.0667. The van der Waals surface area contributed by atoms with Gasteiger partial charge in [0.2, 0.25) is 5.89 Å². The molecule has 4 heteroatoms. The summed E-state index contributed by atoms with van der Waals surface area (Å²) >= 11 is 0. The Labute approximate surface area is 375 Å². The van der Waals surface area contributed by atoms with Crippen molar-refractivity contribution < 1.29 is 4.42 Å². The average Bonchev–Trinajstić information content (AvgIpc) is 3.84. The molecule has 4 aromatic carbocycles. The maximum absolute atomic E-state index is 6.30. The van der Waals surface area contributed by atoms with E-state index in [4.69, 9.17) is 14.5 Å². The van der Waals surface area contributed by atoms with Gasteiger partial charge in [-0.05, 0) is 118 Å². The molecule has 2 aromatic heterocycles. The van der Waals surface area contributed by atoms with Crippen molar-refractivity contribution in [3.05, 3.63) is 125 Å². The van der Waals surface area contributed by atoms with Crippen LogP contribution in [0.25, 0.3) is 51.7 Å². The summed E-state index contributed by atoms with van der Waals surface area (Å²) in [6, 6.07) is 35.3. The monoisotopic (exact) mass is 832 g/mol. The Hall–Kier alpha value is -4.70. The molecule has 6 rings (SSSR count). The van der Waals surface area contributed by atoms with Crippen LogP contribution in [0.5, 0.6) is 0 Å². The third-order valence-electron chi connectivity index (χ3n) is 12.4. The number of hydrogen-bond acceptors (Lipinski definition) is 3. The molecule has 0 spiro atoms. The van der Waals surface area contributed by atoms with Gasteiger partial charge in [0.05, 0.1) is 17.1 Å². The van der Waals surface area contributed by atoms with Gasteiger partial charge >= 0.3 is 0 Å². The number of hydrogen-bond donors (Lipinski definition) is 0. The predicted octanol–water partition coefficient (Wildman–Crippen LogP) is 17.4. The van der Waals surface area contributed by atoms with Gasteiger partial charge in [-0.25, -0.2) is 9.67 Å². The van der Waals surface area contributed by atoms with Crippen molar-refractivity contribution in [2.75, 3.05) is 0 Å². The van der Waals surface area contributed by atoms with Crippen molar-refractivity contribution >= 4 is 23.3 Å². The summed E-state index contributed by atoms with van der Waals surface area (Å²) in [4.78, 5) is 4.95. The van der Waals surface area contributed by atoms with E-state index in [1.54, 1.807) is 0 Å². The van der Waals surface area contributed by atoms with E-state index < -0.39 is 0 Å². The SMILES string of the molecule is CCCCCCCCCCCCc1ccc2oc(-c3ccc(-n4nc(C=Cc5ccc(C(C)(C)CC(C)(C)C)cc5)cc4-c4ccc(C(C)(C)CC(C)(C)C)cc4)cc3)nc2c1. The molecule has 4 nitrogen and oxygen atoms in total. The van der Waals surface area contributed by atoms with Crippen LogP contribution in [-0.4, -0.2) is 14.8 Å². The topological polar surface area (TPSA) is 43.9 Å². The molecule has 0 aliphatic carbocycles. The molecule has 0 bridgehead atoms. The molecule has 0 N–H and O–H groups in total. The molecule has 0 radical (unpaired) electrons. The van der Waals surface area contributed by atoms with Crippen LogP contribution in [0.4, 0.5) is 0 Å². The third-order valence-corrected chi connectivity index (χ3v) is 12.4. The van der Waals surface area contributed by atoms with E-state index in [-0.39, 0.29) is 21.7 Å². The molecule has 0 amide bonds. The molecule has 62 heavy (non-hydrogen) atoms. The van der Waals surface area contributed by atoms with E-state index in [0.717, 1.165) is 64.1 Å². The van der Waals surface area contributed by atoms with E-state index in [9.17, 15) is 0 Å². The third kappa shape index (κ3) is 13.2. The highest BCUT2D eigenvalue weighted by Crippen LogP contribution is 2.38. The first-order valence-corrected chi connectivity index (χ1v) is 23.9. The zero-order valence-electron chi connectivity index (χ0n) is 40.3. The normalized spacial score (nSPS) is 12.9. The van der Waals surface area contributed by atoms with Crippen molar-refractivity contribution in [2.24, 2.45) is 10.8 Å². The van der Waals surface area contributed by atoms with E-state index in [1.807, 2.05) is 0 Å². The number of nitrogens with zero attached hydrogens (tertiary/aromatic N) is 3. The lowest BCUT2D eigenvalue weighted by Gasteiger charge is -2.33. The van der Waals surface area contributed by atoms with E-state index in [1.165, 1.54) is 80.9 Å². The van der Waals surface area contributed by atoms with Gasteiger partial charge in [0.1, 0.15) is 5.52 Å². The fraction of sp³-hybridized carbons (Fsp3) is 0.483. The van der Waals surface area contributed by atoms with Crippen molar-refractivity contribution in [3.8, 4) is 28.4 Å². The summed E-state index contributed by atoms with van der Waals surface area (Å²) in [5, 5.41) is 5.18. The van der Waals surface area contributed by atoms with Crippen LogP contribution in [-0.2, 0) is 17.3 Å². The van der Waals surface area contributed by atoms with E-state index >= 15 is 0 Å². The van der Waals surface area contributed by atoms with Crippen LogP contribution in [0.15, 0.2) is 101 Å². The number of unbranched alkanes of at least 4 members (excludes halogenated alkanes) is 9. The van der Waals surface area contributed by atoms with Crippen molar-refractivity contribution in [1.29, 1.82) is 0 Å². The summed E-state index contributed by atoms with van der Waals surface area (Å²) in [6.45, 7) is 25.6. The Bertz CT molecular complexity index is 2340. The molecule has 0 fully saturated rings. The molecule has 0 atom stereocenters. The minimum Gasteiger partial charge on any atom is -0.436 e. The number of fused-ring (bicyclic) bond motifs is 1. The first-order valence-electron chi connectivity index (χ1n) is 23.9. The maximum Gasteiger partial charge on any atom is 0.227 e. The Morgan fingerprint density at radius 3 is 1.65 bits per heavy atom. The molecule has 0 saturated carbocycles. The van der Waals surface area contributed by atoms with Gasteiger partial charge < -0.3 is 4.42 Å². The second-order valence-corrected chi connectivity index (χ2v) is 21.9. The summed E-state index contributed by atoms with van der Waals surface area (Å²) in [5.74, 6) is 0.647. The Kier molecular flexibility index (Phi) is 15.3. The molecule has 0 saturated heterocycles. The number of aryl methyl sites for hydroxylation is 1. The van der Waals surface area contributed by atoms with Gasteiger partial charge in [0.25, 0.3) is 0 Å². The zero-order chi connectivity index (χ0) is 44.5. The number of aromatic nitrogens is 3. The number of rotatable bonds is 20. The quantitative estimate of drug-likeness (QED) is 0.0720. The van der Waals surface area contributed by atoms with Crippen LogP contribution >= 0.6 is 0 Å². The van der Waals surface area contributed by atoms with Crippen LogP contribution in [0.2, 0.25) is 0 Å². The second-order valence-electron chi connectivity index (χ2n) is 21.9. The van der Waals surface area contributed by atoms with Crippen LogP contribution in [0.3, 0.4) is 0 Å². The van der Waals surface area contributed by atoms with Crippen LogP contribution < -0.4 is 0 Å². The molecular weight excluding hydrogens is 755 g/mol. The average molecular weight is 832 g/mol. The maximum atomic E-state index is 6.30. The van der Waals surface area contributed by atoms with Gasteiger partial charge in [-0.3, -0.25) is 0 Å². The summed E-state index contributed by atoms with van der Waals surface area (Å²) in [6.07, 6.45) is 21.2. The fourth-order valence-electron chi connectivity index (χ4n) is 9.87. The standard InChI is InChI=1S/C58H77N3O/c1-12-13-14-15-16-17-18-19-20-21-22-44-26-38-53-51(39-44)59-54(62-53)46-29-36-50(37-30-46)61-52(45-27-33-48(34-28-45)58(10,11)42-56(5,6)7)40-49(60-61)35-25-43-23-31-47(32-24-43)57(8,9)41-55(2,3)4/h23-40H,12-22,41-42H2,1-11H3. The zero-order valence-corrected chi connectivity index (χ0v) is 40.3. The Morgan fingerprint density at radius 2 is 1.08 bits per heavy atom. The van der Waals surface area contributed by atoms with E-state index in [2.05, 4.69) is 190 Å². The predicted molar refractivity (Wildman–Crippen MR) is 267 cm³/mol. The number of benzene rings is 4. The van der Waals surface area contributed by atoms with E-state index in [0.29, 0.717) is 5.89 Å². The molecule has 2 heterocycles. The summed E-state index contributed by atoms with van der Waals surface area (Å²) in [5.41, 5.74) is 12.7. The molecule has 0 unspecified atom stereocenters. The van der Waals surface area contributed by atoms with Gasteiger partial charge in [-0.15, -0.1) is 0 Å². The lowest BCUT2D eigenvalue weighted by molar-refractivity contribution is 0.283. The lowest BCUT2D eigenvalue weighted by atomic mass is 9.72. The summed E-state index contributed by atoms with van der Waals surface area (Å²) in [7, 11) is 0. The van der Waals surface area contributed by atoms with Gasteiger partial charge in [-0.1, -0.05) is 195 Å². The molecule has 330 valence electrons. The highest BCUT2D eigenvalue weighted by atomic mass is 16.3. The molecule has 0 aliphatic heterocycles. The summed E-state index contributed by atoms with van der Waals surface area (Å²) < 4.78 is 8.38. The van der Waals surface area contributed by atoms with Crippen LogP contribution in [0.1, 0.15) is 181 Å². The highest BCUT2D eigenvalue weighted by molar-refractivity contribution is 5.77. The first kappa shape index (κ1) is 46.8. The smallest absolute Gasteiger partial charge is 0.227 e. The van der Waals surface area contributed by atoms with Gasteiger partial charge in [0, 0.05) is 11.1 Å². The molecule has 6 aromatic rings. The number of oxazole rings is 1. The van der Waals surface area contributed by atoms with Gasteiger partial charge in [-0.2, -0.15) is 5.10 Å².